The third-order valence-electron chi connectivity index (χ3n) is 3.71. The first kappa shape index (κ1) is 15.9. The maximum atomic E-state index is 12.5. The number of alkyl halides is 3. The minimum absolute atomic E-state index is 0.335. The van der Waals surface area contributed by atoms with Crippen molar-refractivity contribution in [3.8, 4) is 5.75 Å². The molecule has 0 saturated carbocycles. The highest BCUT2D eigenvalue weighted by Crippen LogP contribution is 2.29. The molecular formula is C16H20F3NO. The number of benzene rings is 1. The van der Waals surface area contributed by atoms with Crippen LogP contribution in [-0.4, -0.2) is 31.3 Å². The molecule has 1 fully saturated rings. The van der Waals surface area contributed by atoms with Gasteiger partial charge in [0.25, 0.3) is 0 Å². The summed E-state index contributed by atoms with van der Waals surface area (Å²) in [5.41, 5.74) is 0.859. The summed E-state index contributed by atoms with van der Waals surface area (Å²) in [6.45, 7) is 1.66. The van der Waals surface area contributed by atoms with Gasteiger partial charge in [-0.05, 0) is 43.6 Å². The van der Waals surface area contributed by atoms with E-state index in [9.17, 15) is 13.2 Å². The molecule has 0 amide bonds. The van der Waals surface area contributed by atoms with E-state index in [1.165, 1.54) is 6.08 Å². The molecule has 2 nitrogen and oxygen atoms in total. The van der Waals surface area contributed by atoms with Crippen LogP contribution in [0.25, 0.3) is 0 Å². The molecule has 0 bridgehead atoms. The average molecular weight is 299 g/mol. The average Bonchev–Trinajstić information content (AvgIpc) is 2.48. The van der Waals surface area contributed by atoms with Crippen LogP contribution >= 0.6 is 0 Å². The van der Waals surface area contributed by atoms with E-state index in [0.29, 0.717) is 11.8 Å². The number of likely N-dealkylation sites (tertiary alicyclic amines) is 1. The maximum absolute atomic E-state index is 12.5. The molecule has 1 saturated heterocycles. The fraction of sp³-hybridized carbons (Fsp3) is 0.500. The molecule has 1 aromatic rings. The Bertz CT molecular complexity index is 461. The Labute approximate surface area is 123 Å². The van der Waals surface area contributed by atoms with E-state index >= 15 is 0 Å². The largest absolute Gasteiger partial charge is 0.497 e. The fourth-order valence-electron chi connectivity index (χ4n) is 2.64. The van der Waals surface area contributed by atoms with Crippen molar-refractivity contribution in [2.24, 2.45) is 0 Å². The number of hydrogen-bond donors (Lipinski definition) is 0. The third-order valence-corrected chi connectivity index (χ3v) is 3.71. The second-order valence-electron chi connectivity index (χ2n) is 5.22. The van der Waals surface area contributed by atoms with Gasteiger partial charge in [0.2, 0.25) is 0 Å². The van der Waals surface area contributed by atoms with Crippen molar-refractivity contribution < 1.29 is 17.9 Å². The third kappa shape index (κ3) is 4.77. The Morgan fingerprint density at radius 3 is 2.24 bits per heavy atom. The minimum Gasteiger partial charge on any atom is -0.497 e. The normalized spacial score (nSPS) is 18.9. The molecule has 0 N–H and O–H groups in total. The molecule has 0 spiro atoms. The number of nitrogens with zero attached hydrogens (tertiary/aromatic N) is 1. The topological polar surface area (TPSA) is 12.5 Å². The van der Waals surface area contributed by atoms with E-state index in [1.807, 2.05) is 12.1 Å². The van der Waals surface area contributed by atoms with Gasteiger partial charge in [0.15, 0.2) is 0 Å². The molecule has 1 atom stereocenters. The minimum atomic E-state index is -4.28. The second kappa shape index (κ2) is 6.98. The lowest BCUT2D eigenvalue weighted by atomic mass is 10.0. The Morgan fingerprint density at radius 1 is 1.10 bits per heavy atom. The van der Waals surface area contributed by atoms with Crippen LogP contribution in [0.15, 0.2) is 36.4 Å². The highest BCUT2D eigenvalue weighted by atomic mass is 19.4. The lowest BCUT2D eigenvalue weighted by molar-refractivity contribution is -0.0804. The number of rotatable bonds is 4. The smallest absolute Gasteiger partial charge is 0.409 e. The van der Waals surface area contributed by atoms with Crippen LogP contribution in [0, 0.1) is 0 Å². The van der Waals surface area contributed by atoms with E-state index in [0.717, 1.165) is 37.9 Å². The zero-order chi connectivity index (χ0) is 15.3. The van der Waals surface area contributed by atoms with E-state index in [4.69, 9.17) is 4.74 Å². The van der Waals surface area contributed by atoms with Gasteiger partial charge >= 0.3 is 6.18 Å². The maximum Gasteiger partial charge on any atom is 0.409 e. The number of hydrogen-bond acceptors (Lipinski definition) is 2. The van der Waals surface area contributed by atoms with Crippen molar-refractivity contribution in [2.45, 2.75) is 31.5 Å². The first-order valence-corrected chi connectivity index (χ1v) is 7.14. The van der Waals surface area contributed by atoms with Crippen molar-refractivity contribution >= 4 is 0 Å². The number of methoxy groups -OCH3 is 1. The van der Waals surface area contributed by atoms with Crippen LogP contribution in [0.3, 0.4) is 0 Å². The van der Waals surface area contributed by atoms with Gasteiger partial charge in [0.05, 0.1) is 13.2 Å². The number of ether oxygens (including phenoxy) is 1. The lowest BCUT2D eigenvalue weighted by Gasteiger charge is -2.33. The summed E-state index contributed by atoms with van der Waals surface area (Å²) in [6, 6.07) is 6.90. The van der Waals surface area contributed by atoms with E-state index < -0.39 is 6.18 Å². The van der Waals surface area contributed by atoms with Gasteiger partial charge in [-0.15, -0.1) is 0 Å². The molecule has 0 radical (unpaired) electrons. The van der Waals surface area contributed by atoms with Crippen molar-refractivity contribution in [2.75, 3.05) is 20.2 Å². The molecule has 116 valence electrons. The first-order valence-electron chi connectivity index (χ1n) is 7.14. The van der Waals surface area contributed by atoms with Crippen LogP contribution in [0.5, 0.6) is 5.75 Å². The molecule has 0 aromatic heterocycles. The standard InChI is InChI=1S/C16H20F3NO/c1-21-14-7-5-13(6-8-14)15(9-10-16(17,18)19)20-11-3-2-4-12-20/h5-10,15H,2-4,11-12H2,1H3/b10-9+. The van der Waals surface area contributed by atoms with Crippen LogP contribution in [-0.2, 0) is 0 Å². The van der Waals surface area contributed by atoms with Crippen LogP contribution in [0.2, 0.25) is 0 Å². The summed E-state index contributed by atoms with van der Waals surface area (Å²) in [4.78, 5) is 2.10. The van der Waals surface area contributed by atoms with Crippen LogP contribution < -0.4 is 4.74 Å². The molecule has 1 aliphatic heterocycles. The first-order chi connectivity index (χ1) is 9.99. The van der Waals surface area contributed by atoms with Crippen molar-refractivity contribution in [1.82, 2.24) is 4.90 Å². The molecule has 1 aliphatic rings. The lowest BCUT2D eigenvalue weighted by Crippen LogP contribution is -2.33. The monoisotopic (exact) mass is 299 g/mol. The summed E-state index contributed by atoms with van der Waals surface area (Å²) < 4.78 is 42.6. The molecule has 1 aromatic carbocycles. The Kier molecular flexibility index (Phi) is 5.28. The molecule has 1 heterocycles. The SMILES string of the molecule is COc1ccc(C(/C=C/C(F)(F)F)N2CCCCC2)cc1. The van der Waals surface area contributed by atoms with Crippen molar-refractivity contribution in [3.05, 3.63) is 42.0 Å². The van der Waals surface area contributed by atoms with Gasteiger partial charge in [-0.3, -0.25) is 4.90 Å². The van der Waals surface area contributed by atoms with Crippen LogP contribution in [0.4, 0.5) is 13.2 Å². The zero-order valence-corrected chi connectivity index (χ0v) is 12.1. The summed E-state index contributed by atoms with van der Waals surface area (Å²) in [5, 5.41) is 0. The van der Waals surface area contributed by atoms with Gasteiger partial charge in [-0.1, -0.05) is 24.6 Å². The van der Waals surface area contributed by atoms with Gasteiger partial charge in [-0.25, -0.2) is 0 Å². The van der Waals surface area contributed by atoms with E-state index in [1.54, 1.807) is 19.2 Å². The summed E-state index contributed by atoms with van der Waals surface area (Å²) in [5.74, 6) is 0.705. The number of halogens is 3. The quantitative estimate of drug-likeness (QED) is 0.767. The number of piperidine rings is 1. The van der Waals surface area contributed by atoms with Gasteiger partial charge in [0.1, 0.15) is 5.75 Å². The van der Waals surface area contributed by atoms with Crippen molar-refractivity contribution in [3.63, 3.8) is 0 Å². The predicted octanol–water partition coefficient (Wildman–Crippen LogP) is 4.34. The molecule has 0 aliphatic carbocycles. The molecule has 21 heavy (non-hydrogen) atoms. The van der Waals surface area contributed by atoms with Gasteiger partial charge in [-0.2, -0.15) is 13.2 Å². The summed E-state index contributed by atoms with van der Waals surface area (Å²) in [7, 11) is 1.57. The zero-order valence-electron chi connectivity index (χ0n) is 12.1. The molecule has 1 unspecified atom stereocenters. The Morgan fingerprint density at radius 2 is 1.71 bits per heavy atom. The second-order valence-corrected chi connectivity index (χ2v) is 5.22. The fourth-order valence-corrected chi connectivity index (χ4v) is 2.64. The van der Waals surface area contributed by atoms with Crippen LogP contribution in [0.1, 0.15) is 30.9 Å². The predicted molar refractivity (Wildman–Crippen MR) is 76.4 cm³/mol. The molecule has 2 rings (SSSR count). The van der Waals surface area contributed by atoms with Gasteiger partial charge < -0.3 is 4.74 Å². The summed E-state index contributed by atoms with van der Waals surface area (Å²) >= 11 is 0. The highest BCUT2D eigenvalue weighted by molar-refractivity contribution is 5.31. The molecule has 5 heteroatoms. The Hall–Kier alpha value is -1.49. The van der Waals surface area contributed by atoms with E-state index in [2.05, 4.69) is 4.90 Å². The van der Waals surface area contributed by atoms with Gasteiger partial charge in [0, 0.05) is 6.08 Å². The van der Waals surface area contributed by atoms with E-state index in [-0.39, 0.29) is 6.04 Å². The molecular weight excluding hydrogens is 279 g/mol. The Balaban J connectivity index is 2.22. The summed E-state index contributed by atoms with van der Waals surface area (Å²) in [6.07, 6.45) is 0.540. The number of allylic oxidation sites excluding steroid dienone is 1. The highest BCUT2D eigenvalue weighted by Gasteiger charge is 2.25. The van der Waals surface area contributed by atoms with Crippen molar-refractivity contribution in [1.29, 1.82) is 0 Å².